The highest BCUT2D eigenvalue weighted by atomic mass is 16.5. The van der Waals surface area contributed by atoms with Gasteiger partial charge in [-0.2, -0.15) is 10.4 Å². The van der Waals surface area contributed by atoms with Gasteiger partial charge in [0.05, 0.1) is 29.5 Å². The Morgan fingerprint density at radius 1 is 1.33 bits per heavy atom. The standard InChI is InChI=1S/C18H15N3O3/c19-12-14(10-17-6-2-9-23-17)13-24-18(22)15-4-1-5-16(11-15)21-8-3-7-20-21/h1-9,11,14H,10,13H2/t14-/m0/s1. The summed E-state index contributed by atoms with van der Waals surface area (Å²) in [5.41, 5.74) is 1.18. The first kappa shape index (κ1) is 15.6. The Balaban J connectivity index is 1.62. The lowest BCUT2D eigenvalue weighted by Crippen LogP contribution is -2.15. The molecule has 3 aromatic rings. The fourth-order valence-corrected chi connectivity index (χ4v) is 2.27. The average molecular weight is 321 g/mol. The second-order valence-corrected chi connectivity index (χ2v) is 5.21. The first-order valence-electron chi connectivity index (χ1n) is 7.45. The van der Waals surface area contributed by atoms with Crippen molar-refractivity contribution in [2.75, 3.05) is 6.61 Å². The van der Waals surface area contributed by atoms with Crippen molar-refractivity contribution >= 4 is 5.97 Å². The maximum atomic E-state index is 12.2. The lowest BCUT2D eigenvalue weighted by atomic mass is 10.1. The molecule has 0 aliphatic rings. The predicted octanol–water partition coefficient (Wildman–Crippen LogP) is 3.00. The number of esters is 1. The van der Waals surface area contributed by atoms with Crippen LogP contribution < -0.4 is 0 Å². The maximum absolute atomic E-state index is 12.2. The van der Waals surface area contributed by atoms with Gasteiger partial charge in [0.25, 0.3) is 0 Å². The van der Waals surface area contributed by atoms with Crippen LogP contribution in [0.25, 0.3) is 5.69 Å². The number of rotatable bonds is 6. The summed E-state index contributed by atoms with van der Waals surface area (Å²) in [7, 11) is 0. The van der Waals surface area contributed by atoms with E-state index in [0.29, 0.717) is 17.7 Å². The van der Waals surface area contributed by atoms with Gasteiger partial charge in [0, 0.05) is 18.8 Å². The molecule has 0 radical (unpaired) electrons. The van der Waals surface area contributed by atoms with E-state index in [9.17, 15) is 10.1 Å². The predicted molar refractivity (Wildman–Crippen MR) is 85.4 cm³/mol. The van der Waals surface area contributed by atoms with Crippen LogP contribution in [-0.4, -0.2) is 22.4 Å². The van der Waals surface area contributed by atoms with Crippen LogP contribution in [0.5, 0.6) is 0 Å². The molecule has 3 rings (SSSR count). The number of nitrogens with zero attached hydrogens (tertiary/aromatic N) is 3. The highest BCUT2D eigenvalue weighted by molar-refractivity contribution is 5.90. The Hall–Kier alpha value is -3.33. The summed E-state index contributed by atoms with van der Waals surface area (Å²) in [5, 5.41) is 13.3. The molecule has 0 unspecified atom stereocenters. The molecule has 0 fully saturated rings. The number of nitriles is 1. The van der Waals surface area contributed by atoms with Gasteiger partial charge in [-0.1, -0.05) is 6.07 Å². The van der Waals surface area contributed by atoms with Crippen LogP contribution in [0.4, 0.5) is 0 Å². The minimum Gasteiger partial charge on any atom is -0.469 e. The molecular formula is C18H15N3O3. The van der Waals surface area contributed by atoms with Crippen LogP contribution in [0.1, 0.15) is 16.1 Å². The largest absolute Gasteiger partial charge is 0.469 e. The zero-order chi connectivity index (χ0) is 16.8. The number of ether oxygens (including phenoxy) is 1. The number of benzene rings is 1. The van der Waals surface area contributed by atoms with Crippen LogP contribution in [0, 0.1) is 17.2 Å². The minimum absolute atomic E-state index is 0.0159. The fourth-order valence-electron chi connectivity index (χ4n) is 2.27. The van der Waals surface area contributed by atoms with Crippen molar-refractivity contribution in [3.05, 3.63) is 72.4 Å². The monoisotopic (exact) mass is 321 g/mol. The summed E-state index contributed by atoms with van der Waals surface area (Å²) in [6.07, 6.45) is 5.41. The lowest BCUT2D eigenvalue weighted by molar-refractivity contribution is 0.0465. The van der Waals surface area contributed by atoms with Crippen molar-refractivity contribution in [1.29, 1.82) is 5.26 Å². The van der Waals surface area contributed by atoms with Gasteiger partial charge in [-0.3, -0.25) is 0 Å². The minimum atomic E-state index is -0.469. The van der Waals surface area contributed by atoms with Gasteiger partial charge in [-0.15, -0.1) is 0 Å². The molecule has 6 nitrogen and oxygen atoms in total. The summed E-state index contributed by atoms with van der Waals surface area (Å²) in [4.78, 5) is 12.2. The van der Waals surface area contributed by atoms with E-state index in [4.69, 9.17) is 9.15 Å². The van der Waals surface area contributed by atoms with Crippen LogP contribution in [0.15, 0.2) is 65.5 Å². The van der Waals surface area contributed by atoms with Crippen molar-refractivity contribution in [1.82, 2.24) is 9.78 Å². The molecule has 2 aromatic heterocycles. The molecule has 1 atom stereocenters. The summed E-state index contributed by atoms with van der Waals surface area (Å²) in [6.45, 7) is 0.0159. The Morgan fingerprint density at radius 2 is 2.25 bits per heavy atom. The molecule has 1 aromatic carbocycles. The van der Waals surface area contributed by atoms with E-state index in [1.54, 1.807) is 59.7 Å². The summed E-state index contributed by atoms with van der Waals surface area (Å²) in [6, 6.07) is 14.5. The van der Waals surface area contributed by atoms with E-state index >= 15 is 0 Å². The summed E-state index contributed by atoms with van der Waals surface area (Å²) < 4.78 is 12.1. The second-order valence-electron chi connectivity index (χ2n) is 5.21. The van der Waals surface area contributed by atoms with Gasteiger partial charge in [-0.25, -0.2) is 9.48 Å². The van der Waals surface area contributed by atoms with E-state index in [2.05, 4.69) is 11.2 Å². The molecule has 0 bridgehead atoms. The van der Waals surface area contributed by atoms with Gasteiger partial charge >= 0.3 is 5.97 Å². The third-order valence-corrected chi connectivity index (χ3v) is 3.48. The normalized spacial score (nSPS) is 11.6. The van der Waals surface area contributed by atoms with E-state index in [0.717, 1.165) is 5.69 Å². The summed E-state index contributed by atoms with van der Waals surface area (Å²) >= 11 is 0. The number of hydrogen-bond donors (Lipinski definition) is 0. The third kappa shape index (κ3) is 3.70. The molecule has 0 N–H and O–H groups in total. The van der Waals surface area contributed by atoms with Crippen LogP contribution >= 0.6 is 0 Å². The summed E-state index contributed by atoms with van der Waals surface area (Å²) in [5.74, 6) is -0.226. The first-order valence-corrected chi connectivity index (χ1v) is 7.45. The molecule has 6 heteroatoms. The molecule has 0 amide bonds. The third-order valence-electron chi connectivity index (χ3n) is 3.48. The highest BCUT2D eigenvalue weighted by Crippen LogP contribution is 2.13. The topological polar surface area (TPSA) is 81.0 Å². The van der Waals surface area contributed by atoms with Crippen LogP contribution in [-0.2, 0) is 11.2 Å². The van der Waals surface area contributed by atoms with Crippen LogP contribution in [0.3, 0.4) is 0 Å². The Bertz CT molecular complexity index is 833. The van der Waals surface area contributed by atoms with Gasteiger partial charge < -0.3 is 9.15 Å². The van der Waals surface area contributed by atoms with Crippen molar-refractivity contribution in [2.45, 2.75) is 6.42 Å². The quantitative estimate of drug-likeness (QED) is 0.652. The fraction of sp³-hybridized carbons (Fsp3) is 0.167. The molecule has 120 valence electrons. The van der Waals surface area contributed by atoms with E-state index in [-0.39, 0.29) is 6.61 Å². The zero-order valence-corrected chi connectivity index (χ0v) is 12.8. The van der Waals surface area contributed by atoms with Crippen molar-refractivity contribution in [2.24, 2.45) is 5.92 Å². The maximum Gasteiger partial charge on any atom is 0.338 e. The number of furan rings is 1. The Morgan fingerprint density at radius 3 is 2.96 bits per heavy atom. The number of carbonyl (C=O) groups excluding carboxylic acids is 1. The highest BCUT2D eigenvalue weighted by Gasteiger charge is 2.15. The number of aromatic nitrogens is 2. The van der Waals surface area contributed by atoms with E-state index in [1.165, 1.54) is 0 Å². The van der Waals surface area contributed by atoms with Crippen molar-refractivity contribution in [3.8, 4) is 11.8 Å². The van der Waals surface area contributed by atoms with Gasteiger partial charge in [0.2, 0.25) is 0 Å². The lowest BCUT2D eigenvalue weighted by Gasteiger charge is -2.10. The molecule has 0 saturated carbocycles. The molecule has 0 aliphatic carbocycles. The molecule has 0 aliphatic heterocycles. The molecule has 2 heterocycles. The second kappa shape index (κ2) is 7.29. The zero-order valence-electron chi connectivity index (χ0n) is 12.8. The van der Waals surface area contributed by atoms with E-state index in [1.807, 2.05) is 6.07 Å². The van der Waals surface area contributed by atoms with E-state index < -0.39 is 11.9 Å². The smallest absolute Gasteiger partial charge is 0.338 e. The van der Waals surface area contributed by atoms with Gasteiger partial charge in [0.1, 0.15) is 12.4 Å². The molecule has 0 spiro atoms. The first-order chi connectivity index (χ1) is 11.8. The molecule has 24 heavy (non-hydrogen) atoms. The van der Waals surface area contributed by atoms with Crippen LogP contribution in [0.2, 0.25) is 0 Å². The average Bonchev–Trinajstić information content (AvgIpc) is 3.32. The molecule has 0 saturated heterocycles. The van der Waals surface area contributed by atoms with Crippen molar-refractivity contribution < 1.29 is 13.9 Å². The Kier molecular flexibility index (Phi) is 4.73. The SMILES string of the molecule is N#C[C@@H](COC(=O)c1cccc(-n2cccn2)c1)Cc1ccco1. The van der Waals surface area contributed by atoms with Gasteiger partial charge in [0.15, 0.2) is 0 Å². The Labute approximate surface area is 138 Å². The van der Waals surface area contributed by atoms with Gasteiger partial charge in [-0.05, 0) is 36.4 Å². The molecular weight excluding hydrogens is 306 g/mol. The number of hydrogen-bond acceptors (Lipinski definition) is 5. The number of carbonyl (C=O) groups is 1. The van der Waals surface area contributed by atoms with Crippen molar-refractivity contribution in [3.63, 3.8) is 0 Å².